The average Bonchev–Trinajstić information content (AvgIpc) is 2.81. The van der Waals surface area contributed by atoms with E-state index in [4.69, 9.17) is 24.5 Å². The van der Waals surface area contributed by atoms with Crippen molar-refractivity contribution >= 4 is 17.7 Å². The van der Waals surface area contributed by atoms with Crippen LogP contribution in [-0.4, -0.2) is 42.6 Å². The molecule has 9 heteroatoms. The maximum absolute atomic E-state index is 12.6. The quantitative estimate of drug-likeness (QED) is 0.238. The number of aliphatic hydroxyl groups is 1. The fraction of sp³-hybridized carbons (Fsp3) is 0.304. The molecule has 0 unspecified atom stereocenters. The minimum absolute atomic E-state index is 0.0934. The van der Waals surface area contributed by atoms with E-state index in [1.807, 2.05) is 6.92 Å². The van der Waals surface area contributed by atoms with Gasteiger partial charge in [-0.1, -0.05) is 25.1 Å². The Kier molecular flexibility index (Phi) is 10.0. The molecular formula is C23H28N2O7. The number of amides is 2. The number of ether oxygens (including phenoxy) is 3. The number of carbonyl (C=O) groups is 2. The van der Waals surface area contributed by atoms with Gasteiger partial charge in [0.05, 0.1) is 13.7 Å². The molecule has 0 aromatic heterocycles. The van der Waals surface area contributed by atoms with E-state index in [0.717, 1.165) is 5.56 Å². The highest BCUT2D eigenvalue weighted by Crippen LogP contribution is 2.30. The van der Waals surface area contributed by atoms with Crippen molar-refractivity contribution in [1.82, 2.24) is 5.48 Å². The van der Waals surface area contributed by atoms with Crippen LogP contribution in [0.2, 0.25) is 0 Å². The molecule has 0 radical (unpaired) electrons. The first-order valence-electron chi connectivity index (χ1n) is 10.0. The Morgan fingerprint density at radius 3 is 2.31 bits per heavy atom. The SMILES string of the molecule is COc1ccc(NC(=O)O[C@@H](c2ccc(OCCO)cc2)[C@H](C)C/C=C/C(=O)NO)cc1. The predicted octanol–water partition coefficient (Wildman–Crippen LogP) is 3.44. The third-order valence-corrected chi connectivity index (χ3v) is 4.54. The lowest BCUT2D eigenvalue weighted by molar-refractivity contribution is -0.124. The number of anilines is 1. The van der Waals surface area contributed by atoms with Crippen LogP contribution in [-0.2, 0) is 9.53 Å². The summed E-state index contributed by atoms with van der Waals surface area (Å²) in [5, 5.41) is 20.2. The van der Waals surface area contributed by atoms with E-state index in [-0.39, 0.29) is 19.1 Å². The van der Waals surface area contributed by atoms with E-state index in [1.165, 1.54) is 11.6 Å². The van der Waals surface area contributed by atoms with Gasteiger partial charge in [0.2, 0.25) is 0 Å². The van der Waals surface area contributed by atoms with Gasteiger partial charge < -0.3 is 19.3 Å². The van der Waals surface area contributed by atoms with Gasteiger partial charge in [-0.3, -0.25) is 15.3 Å². The zero-order valence-electron chi connectivity index (χ0n) is 18.0. The molecule has 4 N–H and O–H groups in total. The third kappa shape index (κ3) is 7.93. The number of nitrogens with one attached hydrogen (secondary N) is 2. The Balaban J connectivity index is 2.13. The van der Waals surface area contributed by atoms with Crippen molar-refractivity contribution in [3.8, 4) is 11.5 Å². The van der Waals surface area contributed by atoms with Crippen LogP contribution in [0.5, 0.6) is 11.5 Å². The molecule has 0 saturated heterocycles. The first kappa shape index (κ1) is 24.7. The van der Waals surface area contributed by atoms with E-state index in [1.54, 1.807) is 61.7 Å². The molecule has 2 aromatic carbocycles. The maximum Gasteiger partial charge on any atom is 0.412 e. The van der Waals surface area contributed by atoms with Gasteiger partial charge in [0.1, 0.15) is 24.2 Å². The molecule has 0 aliphatic rings. The Morgan fingerprint density at radius 1 is 1.06 bits per heavy atom. The molecule has 0 aliphatic carbocycles. The van der Waals surface area contributed by atoms with Crippen molar-refractivity contribution in [2.75, 3.05) is 25.6 Å². The molecule has 0 bridgehead atoms. The minimum Gasteiger partial charge on any atom is -0.497 e. The molecule has 0 fully saturated rings. The zero-order chi connectivity index (χ0) is 23.3. The van der Waals surface area contributed by atoms with Crippen molar-refractivity contribution in [2.45, 2.75) is 19.4 Å². The second kappa shape index (κ2) is 13.0. The van der Waals surface area contributed by atoms with Gasteiger partial charge in [0, 0.05) is 17.7 Å². The second-order valence-electron chi connectivity index (χ2n) is 6.91. The van der Waals surface area contributed by atoms with Crippen LogP contribution in [0.15, 0.2) is 60.7 Å². The molecule has 0 heterocycles. The van der Waals surface area contributed by atoms with Crippen molar-refractivity contribution in [2.24, 2.45) is 5.92 Å². The van der Waals surface area contributed by atoms with Gasteiger partial charge in [-0.15, -0.1) is 0 Å². The van der Waals surface area contributed by atoms with Crippen LogP contribution in [0.1, 0.15) is 25.0 Å². The zero-order valence-corrected chi connectivity index (χ0v) is 18.0. The van der Waals surface area contributed by atoms with Gasteiger partial charge in [-0.2, -0.15) is 0 Å². The van der Waals surface area contributed by atoms with Crippen molar-refractivity contribution in [3.05, 3.63) is 66.2 Å². The average molecular weight is 444 g/mol. The molecule has 0 spiro atoms. The number of allylic oxidation sites excluding steroid dienone is 1. The van der Waals surface area contributed by atoms with Gasteiger partial charge >= 0.3 is 6.09 Å². The number of hydrogen-bond donors (Lipinski definition) is 4. The molecule has 32 heavy (non-hydrogen) atoms. The molecule has 2 rings (SSSR count). The van der Waals surface area contributed by atoms with Crippen LogP contribution in [0.4, 0.5) is 10.5 Å². The normalized spacial score (nSPS) is 12.6. The van der Waals surface area contributed by atoms with E-state index < -0.39 is 18.1 Å². The van der Waals surface area contributed by atoms with Crippen LogP contribution in [0, 0.1) is 5.92 Å². The summed E-state index contributed by atoms with van der Waals surface area (Å²) >= 11 is 0. The summed E-state index contributed by atoms with van der Waals surface area (Å²) in [6.45, 7) is 1.96. The topological polar surface area (TPSA) is 126 Å². The number of methoxy groups -OCH3 is 1. The Hall–Kier alpha value is -3.56. The maximum atomic E-state index is 12.6. The van der Waals surface area contributed by atoms with Crippen LogP contribution < -0.4 is 20.3 Å². The summed E-state index contributed by atoms with van der Waals surface area (Å²) < 4.78 is 16.2. The lowest BCUT2D eigenvalue weighted by Crippen LogP contribution is -2.22. The number of carbonyl (C=O) groups excluding carboxylic acids is 2. The van der Waals surface area contributed by atoms with Gasteiger partial charge in [0.25, 0.3) is 5.91 Å². The number of benzene rings is 2. The monoisotopic (exact) mass is 444 g/mol. The molecule has 0 aliphatic heterocycles. The summed E-state index contributed by atoms with van der Waals surface area (Å²) in [4.78, 5) is 23.8. The lowest BCUT2D eigenvalue weighted by Gasteiger charge is -2.24. The Bertz CT molecular complexity index is 882. The molecule has 2 amide bonds. The standard InChI is InChI=1S/C23H28N2O7/c1-16(4-3-5-21(27)25-29)22(17-6-10-20(11-7-17)31-15-14-26)32-23(28)24-18-8-12-19(30-2)13-9-18/h3,5-13,16,22,26,29H,4,14-15H2,1-2H3,(H,24,28)(H,25,27)/b5-3+/t16-,22-/m1/s1. The lowest BCUT2D eigenvalue weighted by atomic mass is 9.94. The smallest absolute Gasteiger partial charge is 0.412 e. The first-order chi connectivity index (χ1) is 15.5. The summed E-state index contributed by atoms with van der Waals surface area (Å²) in [6, 6.07) is 13.8. The van der Waals surface area contributed by atoms with Gasteiger partial charge in [0.15, 0.2) is 0 Å². The van der Waals surface area contributed by atoms with Gasteiger partial charge in [-0.05, 0) is 48.4 Å². The van der Waals surface area contributed by atoms with E-state index in [2.05, 4.69) is 5.32 Å². The van der Waals surface area contributed by atoms with Crippen molar-refractivity contribution < 1.29 is 34.1 Å². The summed E-state index contributed by atoms with van der Waals surface area (Å²) in [6.07, 6.45) is 1.95. The van der Waals surface area contributed by atoms with Crippen LogP contribution in [0.25, 0.3) is 0 Å². The van der Waals surface area contributed by atoms with Crippen LogP contribution >= 0.6 is 0 Å². The highest BCUT2D eigenvalue weighted by Gasteiger charge is 2.23. The molecule has 2 aromatic rings. The number of hydrogen-bond acceptors (Lipinski definition) is 7. The highest BCUT2D eigenvalue weighted by atomic mass is 16.6. The third-order valence-electron chi connectivity index (χ3n) is 4.54. The molecule has 0 saturated carbocycles. The van der Waals surface area contributed by atoms with Crippen LogP contribution in [0.3, 0.4) is 0 Å². The summed E-state index contributed by atoms with van der Waals surface area (Å²) in [5.41, 5.74) is 2.81. The van der Waals surface area contributed by atoms with E-state index in [0.29, 0.717) is 23.6 Å². The Morgan fingerprint density at radius 2 is 1.72 bits per heavy atom. The molecule has 2 atom stereocenters. The predicted molar refractivity (Wildman–Crippen MR) is 118 cm³/mol. The molecule has 9 nitrogen and oxygen atoms in total. The Labute approximate surface area is 186 Å². The summed E-state index contributed by atoms with van der Waals surface area (Å²) in [5.74, 6) is 0.412. The largest absolute Gasteiger partial charge is 0.497 e. The van der Waals surface area contributed by atoms with Crippen molar-refractivity contribution in [1.29, 1.82) is 0 Å². The van der Waals surface area contributed by atoms with Gasteiger partial charge in [-0.25, -0.2) is 10.3 Å². The summed E-state index contributed by atoms with van der Waals surface area (Å²) in [7, 11) is 1.56. The van der Waals surface area contributed by atoms with Crippen molar-refractivity contribution in [3.63, 3.8) is 0 Å². The number of hydroxylamine groups is 1. The fourth-order valence-electron chi connectivity index (χ4n) is 2.92. The first-order valence-corrected chi connectivity index (χ1v) is 10.0. The van der Waals surface area contributed by atoms with E-state index in [9.17, 15) is 9.59 Å². The fourth-order valence-corrected chi connectivity index (χ4v) is 2.92. The van der Waals surface area contributed by atoms with E-state index >= 15 is 0 Å². The molecular weight excluding hydrogens is 416 g/mol. The second-order valence-corrected chi connectivity index (χ2v) is 6.91. The highest BCUT2D eigenvalue weighted by molar-refractivity contribution is 5.86. The minimum atomic E-state index is -0.641. The number of rotatable bonds is 11. The number of aliphatic hydroxyl groups excluding tert-OH is 1. The molecule has 172 valence electrons.